The number of hydrogen-bond donors (Lipinski definition) is 1. The van der Waals surface area contributed by atoms with Gasteiger partial charge in [-0.15, -0.1) is 0 Å². The zero-order valence-electron chi connectivity index (χ0n) is 21.7. The van der Waals surface area contributed by atoms with Gasteiger partial charge in [0.05, 0.1) is 6.04 Å². The van der Waals surface area contributed by atoms with Crippen LogP contribution in [0.3, 0.4) is 0 Å². The quantitative estimate of drug-likeness (QED) is 0.390. The maximum Gasteiger partial charge on any atom is 0.254 e. The van der Waals surface area contributed by atoms with Gasteiger partial charge >= 0.3 is 0 Å². The van der Waals surface area contributed by atoms with Gasteiger partial charge in [0.15, 0.2) is 0 Å². The summed E-state index contributed by atoms with van der Waals surface area (Å²) < 4.78 is 0. The third kappa shape index (κ3) is 6.95. The van der Waals surface area contributed by atoms with Gasteiger partial charge in [0.25, 0.3) is 5.91 Å². The van der Waals surface area contributed by atoms with Gasteiger partial charge in [-0.25, -0.2) is 0 Å². The summed E-state index contributed by atoms with van der Waals surface area (Å²) in [5, 5.41) is 3.02. The van der Waals surface area contributed by atoms with Gasteiger partial charge in [-0.3, -0.25) is 9.59 Å². The molecule has 184 valence electrons. The van der Waals surface area contributed by atoms with Crippen LogP contribution in [0, 0.1) is 12.8 Å². The lowest BCUT2D eigenvalue weighted by molar-refractivity contribution is -0.116. The molecule has 3 rings (SSSR count). The largest absolute Gasteiger partial charge is 0.377 e. The van der Waals surface area contributed by atoms with E-state index < -0.39 is 0 Å². The number of anilines is 2. The van der Waals surface area contributed by atoms with E-state index in [9.17, 15) is 9.59 Å². The summed E-state index contributed by atoms with van der Waals surface area (Å²) in [6.07, 6.45) is 0.466. The molecule has 0 aromatic heterocycles. The minimum absolute atomic E-state index is 0.00565. The van der Waals surface area contributed by atoms with E-state index in [1.165, 1.54) is 0 Å². The van der Waals surface area contributed by atoms with Gasteiger partial charge in [0.2, 0.25) is 5.91 Å². The molecule has 5 nitrogen and oxygen atoms in total. The summed E-state index contributed by atoms with van der Waals surface area (Å²) in [5.74, 6) is 0.252. The molecule has 35 heavy (non-hydrogen) atoms. The molecular formula is C30H37N3O2. The molecule has 1 N–H and O–H groups in total. The summed E-state index contributed by atoms with van der Waals surface area (Å²) in [6, 6.07) is 23.6. The van der Waals surface area contributed by atoms with E-state index in [-0.39, 0.29) is 23.8 Å². The van der Waals surface area contributed by atoms with Crippen molar-refractivity contribution < 1.29 is 9.59 Å². The summed E-state index contributed by atoms with van der Waals surface area (Å²) in [7, 11) is 3.98. The molecule has 3 aromatic carbocycles. The summed E-state index contributed by atoms with van der Waals surface area (Å²) in [4.78, 5) is 30.2. The number of nitrogens with one attached hydrogen (secondary N) is 1. The van der Waals surface area contributed by atoms with Crippen molar-refractivity contribution in [2.45, 2.75) is 46.7 Å². The molecule has 0 saturated carbocycles. The number of amides is 2. The summed E-state index contributed by atoms with van der Waals surface area (Å²) in [5.41, 5.74) is 5.51. The maximum atomic E-state index is 13.8. The molecule has 0 aliphatic rings. The van der Waals surface area contributed by atoms with Gasteiger partial charge in [-0.1, -0.05) is 61.9 Å². The van der Waals surface area contributed by atoms with Crippen LogP contribution < -0.4 is 10.2 Å². The highest BCUT2D eigenvalue weighted by Crippen LogP contribution is 2.30. The van der Waals surface area contributed by atoms with Gasteiger partial charge in [0.1, 0.15) is 0 Å². The van der Waals surface area contributed by atoms with Crippen molar-refractivity contribution in [1.82, 2.24) is 4.90 Å². The van der Waals surface area contributed by atoms with Gasteiger partial charge < -0.3 is 15.1 Å². The van der Waals surface area contributed by atoms with E-state index in [1.54, 1.807) is 0 Å². The fraction of sp³-hybridized carbons (Fsp3) is 0.333. The van der Waals surface area contributed by atoms with E-state index in [2.05, 4.69) is 24.4 Å². The predicted molar refractivity (Wildman–Crippen MR) is 145 cm³/mol. The Morgan fingerprint density at radius 2 is 1.60 bits per heavy atom. The normalized spacial score (nSPS) is 11.7. The fourth-order valence-electron chi connectivity index (χ4n) is 4.23. The van der Waals surface area contributed by atoms with Gasteiger partial charge in [-0.2, -0.15) is 0 Å². The van der Waals surface area contributed by atoms with Crippen molar-refractivity contribution in [2.24, 2.45) is 5.92 Å². The van der Waals surface area contributed by atoms with E-state index in [1.807, 2.05) is 105 Å². The van der Waals surface area contributed by atoms with Crippen LogP contribution in [-0.4, -0.2) is 30.8 Å². The lowest BCUT2D eigenvalue weighted by Gasteiger charge is -2.32. The topological polar surface area (TPSA) is 52.7 Å². The Balaban J connectivity index is 2.01. The van der Waals surface area contributed by atoms with Crippen LogP contribution in [0.2, 0.25) is 0 Å². The molecule has 1 atom stereocenters. The standard InChI is InChI=1S/C30H37N3O2/c1-21(2)17-29(34)31-27-15-16-28(32(5)6)26(19-27)20-33(23(4)24-12-8-7-9-13-24)30(35)25-14-10-11-22(3)18-25/h7-16,18-19,21,23H,17,20H2,1-6H3,(H,31,34)/t23-/m1/s1. The van der Waals surface area contributed by atoms with Crippen molar-refractivity contribution >= 4 is 23.2 Å². The third-order valence-corrected chi connectivity index (χ3v) is 6.05. The second-order valence-corrected chi connectivity index (χ2v) is 9.77. The Morgan fingerprint density at radius 1 is 0.886 bits per heavy atom. The first kappa shape index (κ1) is 26.0. The van der Waals surface area contributed by atoms with Crippen molar-refractivity contribution in [2.75, 3.05) is 24.3 Å². The van der Waals surface area contributed by atoms with Crippen molar-refractivity contribution in [1.29, 1.82) is 0 Å². The molecule has 0 spiro atoms. The highest BCUT2D eigenvalue weighted by molar-refractivity contribution is 5.95. The number of hydrogen-bond acceptors (Lipinski definition) is 3. The lowest BCUT2D eigenvalue weighted by atomic mass is 10.0. The highest BCUT2D eigenvalue weighted by Gasteiger charge is 2.25. The van der Waals surface area contributed by atoms with Crippen LogP contribution >= 0.6 is 0 Å². The second kappa shape index (κ2) is 11.7. The lowest BCUT2D eigenvalue weighted by Crippen LogP contribution is -2.34. The Morgan fingerprint density at radius 3 is 2.23 bits per heavy atom. The first-order valence-electron chi connectivity index (χ1n) is 12.2. The third-order valence-electron chi connectivity index (χ3n) is 6.05. The van der Waals surface area contributed by atoms with E-state index in [4.69, 9.17) is 0 Å². The molecule has 0 bridgehead atoms. The maximum absolute atomic E-state index is 13.8. The van der Waals surface area contributed by atoms with E-state index in [0.29, 0.717) is 18.5 Å². The van der Waals surface area contributed by atoms with Crippen LogP contribution in [-0.2, 0) is 11.3 Å². The minimum atomic E-state index is -0.140. The Labute approximate surface area is 209 Å². The zero-order valence-corrected chi connectivity index (χ0v) is 21.7. The van der Waals surface area contributed by atoms with Crippen LogP contribution in [0.5, 0.6) is 0 Å². The first-order chi connectivity index (χ1) is 16.7. The minimum Gasteiger partial charge on any atom is -0.377 e. The molecule has 0 fully saturated rings. The molecule has 0 saturated heterocycles. The van der Waals surface area contributed by atoms with E-state index in [0.717, 1.165) is 28.1 Å². The number of nitrogens with zero attached hydrogens (tertiary/aromatic N) is 2. The molecule has 0 radical (unpaired) electrons. The molecule has 3 aromatic rings. The molecular weight excluding hydrogens is 434 g/mol. The Kier molecular flexibility index (Phi) is 8.69. The second-order valence-electron chi connectivity index (χ2n) is 9.77. The monoisotopic (exact) mass is 471 g/mol. The fourth-order valence-corrected chi connectivity index (χ4v) is 4.23. The van der Waals surface area contributed by atoms with Crippen LogP contribution in [0.15, 0.2) is 72.8 Å². The predicted octanol–water partition coefficient (Wildman–Crippen LogP) is 6.45. The molecule has 0 aliphatic heterocycles. The zero-order chi connectivity index (χ0) is 25.5. The summed E-state index contributed by atoms with van der Waals surface area (Å²) >= 11 is 0. The van der Waals surface area contributed by atoms with Crippen molar-refractivity contribution in [3.63, 3.8) is 0 Å². The Bertz CT molecular complexity index is 1160. The van der Waals surface area contributed by atoms with Crippen LogP contribution in [0.4, 0.5) is 11.4 Å². The molecule has 0 aliphatic carbocycles. The average molecular weight is 472 g/mol. The molecule has 2 amide bonds. The highest BCUT2D eigenvalue weighted by atomic mass is 16.2. The number of aryl methyl sites for hydroxylation is 1. The van der Waals surface area contributed by atoms with Crippen molar-refractivity contribution in [3.8, 4) is 0 Å². The van der Waals surface area contributed by atoms with Gasteiger partial charge in [-0.05, 0) is 61.2 Å². The number of rotatable bonds is 9. The Hall–Kier alpha value is -3.60. The van der Waals surface area contributed by atoms with E-state index >= 15 is 0 Å². The SMILES string of the molecule is Cc1cccc(C(=O)N(Cc2cc(NC(=O)CC(C)C)ccc2N(C)C)[C@H](C)c2ccccc2)c1. The molecule has 0 unspecified atom stereocenters. The van der Waals surface area contributed by atoms with Crippen LogP contribution in [0.25, 0.3) is 0 Å². The average Bonchev–Trinajstić information content (AvgIpc) is 2.81. The smallest absolute Gasteiger partial charge is 0.254 e. The number of carbonyl (C=O) groups excluding carboxylic acids is 2. The number of benzene rings is 3. The van der Waals surface area contributed by atoms with Crippen molar-refractivity contribution in [3.05, 3.63) is 95.1 Å². The van der Waals surface area contributed by atoms with Gasteiger partial charge in [0, 0.05) is 44.0 Å². The van der Waals surface area contributed by atoms with Crippen LogP contribution in [0.1, 0.15) is 60.3 Å². The molecule has 5 heteroatoms. The number of carbonyl (C=O) groups is 2. The molecule has 0 heterocycles. The summed E-state index contributed by atoms with van der Waals surface area (Å²) in [6.45, 7) is 8.52. The first-order valence-corrected chi connectivity index (χ1v) is 12.2.